The quantitative estimate of drug-likeness (QED) is 0.404. The monoisotopic (exact) mass is 298 g/mol. The Morgan fingerprint density at radius 1 is 1.48 bits per heavy atom. The van der Waals surface area contributed by atoms with Gasteiger partial charge in [-0.05, 0) is 24.3 Å². The van der Waals surface area contributed by atoms with Gasteiger partial charge in [0.05, 0.1) is 5.75 Å². The first kappa shape index (κ1) is 14.7. The van der Waals surface area contributed by atoms with Crippen LogP contribution in [0.1, 0.15) is 5.89 Å². The molecule has 1 N–H and O–H groups in total. The number of carbonyl (C=O) groups excluding carboxylic acids is 1. The van der Waals surface area contributed by atoms with Gasteiger partial charge in [0.2, 0.25) is 11.7 Å². The molecule has 0 aliphatic carbocycles. The maximum absolute atomic E-state index is 12.0. The highest BCUT2D eigenvalue weighted by Crippen LogP contribution is 2.24. The first-order valence-corrected chi connectivity index (χ1v) is 7.28. The van der Waals surface area contributed by atoms with Gasteiger partial charge in [-0.25, -0.2) is 4.98 Å². The van der Waals surface area contributed by atoms with E-state index in [-0.39, 0.29) is 23.0 Å². The van der Waals surface area contributed by atoms with Gasteiger partial charge in [0, 0.05) is 5.92 Å². The molecule has 0 unspecified atom stereocenters. The number of rotatable bonds is 4. The van der Waals surface area contributed by atoms with Gasteiger partial charge in [0.15, 0.2) is 11.7 Å². The number of aliphatic hydroxyl groups is 1. The van der Waals surface area contributed by atoms with Gasteiger partial charge < -0.3 is 9.52 Å². The van der Waals surface area contributed by atoms with E-state index in [4.69, 9.17) is 9.68 Å². The van der Waals surface area contributed by atoms with Crippen LogP contribution in [0.2, 0.25) is 0 Å². The summed E-state index contributed by atoms with van der Waals surface area (Å²) in [5, 5.41) is 18.5. The van der Waals surface area contributed by atoms with Gasteiger partial charge in [0.1, 0.15) is 16.8 Å². The van der Waals surface area contributed by atoms with Crippen molar-refractivity contribution in [2.45, 2.75) is 0 Å². The molecular weight excluding hydrogens is 288 g/mol. The first-order chi connectivity index (χ1) is 10.2. The molecule has 6 heteroatoms. The van der Waals surface area contributed by atoms with E-state index in [0.29, 0.717) is 11.1 Å². The number of Topliss-reactive ketones (excluding diaryl/α,β-unsaturated/α-hetero) is 1. The van der Waals surface area contributed by atoms with E-state index < -0.39 is 5.78 Å². The van der Waals surface area contributed by atoms with Gasteiger partial charge in [0.25, 0.3) is 0 Å². The predicted molar refractivity (Wildman–Crippen MR) is 80.3 cm³/mol. The molecule has 0 spiro atoms. The summed E-state index contributed by atoms with van der Waals surface area (Å²) in [7, 11) is 0. The Labute approximate surface area is 125 Å². The molecule has 21 heavy (non-hydrogen) atoms. The largest absolute Gasteiger partial charge is 0.510 e. The van der Waals surface area contributed by atoms with Crippen molar-refractivity contribution in [3.8, 4) is 17.9 Å². The number of nitrogens with zero attached hydrogens (tertiary/aromatic N) is 2. The van der Waals surface area contributed by atoms with E-state index in [1.807, 2.05) is 5.92 Å². The first-order valence-electron chi connectivity index (χ1n) is 5.88. The fourth-order valence-electron chi connectivity index (χ4n) is 1.69. The average Bonchev–Trinajstić information content (AvgIpc) is 2.88. The molecule has 0 aliphatic rings. The Morgan fingerprint density at radius 2 is 2.24 bits per heavy atom. The van der Waals surface area contributed by atoms with Crippen molar-refractivity contribution in [3.63, 3.8) is 0 Å². The van der Waals surface area contributed by atoms with E-state index in [0.717, 1.165) is 0 Å². The maximum atomic E-state index is 12.0. The molecule has 0 amide bonds. The van der Waals surface area contributed by atoms with E-state index in [1.165, 1.54) is 11.8 Å². The summed E-state index contributed by atoms with van der Waals surface area (Å²) < 4.78 is 5.49. The van der Waals surface area contributed by atoms with Crippen molar-refractivity contribution in [2.75, 3.05) is 12.0 Å². The van der Waals surface area contributed by atoms with Gasteiger partial charge in [-0.15, -0.1) is 0 Å². The molecule has 0 radical (unpaired) electrons. The van der Waals surface area contributed by atoms with Crippen LogP contribution in [0.5, 0.6) is 0 Å². The second-order valence-corrected chi connectivity index (χ2v) is 4.80. The standard InChI is InChI=1S/C15H10N2O3S/c1-21-9-12(19)14(11(18)6-4-8-16)15-17-10-5-2-3-7-13(10)20-15/h2-3,5,7,19H,9H2,1H3. The van der Waals surface area contributed by atoms with Crippen molar-refractivity contribution >= 4 is 34.2 Å². The summed E-state index contributed by atoms with van der Waals surface area (Å²) >= 11 is 1.34. The van der Waals surface area contributed by atoms with Crippen molar-refractivity contribution < 1.29 is 14.3 Å². The highest BCUT2D eigenvalue weighted by Gasteiger charge is 2.21. The number of para-hydroxylation sites is 2. The second-order valence-electron chi connectivity index (χ2n) is 3.93. The van der Waals surface area contributed by atoms with Gasteiger partial charge in [-0.2, -0.15) is 17.0 Å². The third kappa shape index (κ3) is 3.25. The van der Waals surface area contributed by atoms with Crippen LogP contribution in [0.3, 0.4) is 0 Å². The third-order valence-electron chi connectivity index (χ3n) is 2.54. The number of ketones is 1. The van der Waals surface area contributed by atoms with Gasteiger partial charge in [-0.3, -0.25) is 4.79 Å². The molecule has 0 saturated heterocycles. The number of hydrogen-bond donors (Lipinski definition) is 1. The topological polar surface area (TPSA) is 87.1 Å². The summed E-state index contributed by atoms with van der Waals surface area (Å²) in [6, 6.07) is 8.57. The number of hydrogen-bond acceptors (Lipinski definition) is 6. The van der Waals surface area contributed by atoms with Crippen LogP contribution in [0.4, 0.5) is 0 Å². The summed E-state index contributed by atoms with van der Waals surface area (Å²) in [6.07, 6.45) is 1.78. The van der Waals surface area contributed by atoms with Crippen LogP contribution in [0.25, 0.3) is 16.7 Å². The van der Waals surface area contributed by atoms with Crippen LogP contribution in [-0.2, 0) is 4.79 Å². The van der Waals surface area contributed by atoms with Crippen LogP contribution >= 0.6 is 11.8 Å². The Balaban J connectivity index is 2.57. The molecule has 2 rings (SSSR count). The zero-order chi connectivity index (χ0) is 15.2. The lowest BCUT2D eigenvalue weighted by Gasteiger charge is -2.02. The molecular formula is C15H10N2O3S. The van der Waals surface area contributed by atoms with Crippen molar-refractivity contribution in [1.82, 2.24) is 4.98 Å². The minimum atomic E-state index is -0.699. The zero-order valence-corrected chi connectivity index (χ0v) is 11.9. The fraction of sp³-hybridized carbons (Fsp3) is 0.133. The van der Waals surface area contributed by atoms with Crippen LogP contribution < -0.4 is 0 Å². The Morgan fingerprint density at radius 3 is 2.90 bits per heavy atom. The smallest absolute Gasteiger partial charge is 0.245 e. The number of oxazole rings is 1. The Kier molecular flexibility index (Phi) is 4.65. The molecule has 0 bridgehead atoms. The molecule has 104 valence electrons. The number of benzene rings is 1. The Bertz CT molecular complexity index is 786. The second kappa shape index (κ2) is 6.65. The highest BCUT2D eigenvalue weighted by atomic mass is 32.2. The molecule has 1 heterocycles. The lowest BCUT2D eigenvalue weighted by Crippen LogP contribution is -2.05. The van der Waals surface area contributed by atoms with E-state index in [9.17, 15) is 9.90 Å². The highest BCUT2D eigenvalue weighted by molar-refractivity contribution is 7.98. The van der Waals surface area contributed by atoms with Crippen molar-refractivity contribution in [3.05, 3.63) is 35.9 Å². The van der Waals surface area contributed by atoms with E-state index >= 15 is 0 Å². The van der Waals surface area contributed by atoms with E-state index in [2.05, 4.69) is 10.9 Å². The maximum Gasteiger partial charge on any atom is 0.245 e. The molecule has 1 aromatic heterocycles. The summed E-state index contributed by atoms with van der Waals surface area (Å²) in [4.78, 5) is 16.2. The number of nitriles is 1. The number of fused-ring (bicyclic) bond motifs is 1. The van der Waals surface area contributed by atoms with Crippen LogP contribution in [-0.4, -0.2) is 27.9 Å². The summed E-state index contributed by atoms with van der Waals surface area (Å²) in [6.45, 7) is 0. The van der Waals surface area contributed by atoms with Crippen molar-refractivity contribution in [1.29, 1.82) is 5.26 Å². The number of allylic oxidation sites excluding steroid dienone is 1. The lowest BCUT2D eigenvalue weighted by molar-refractivity contribution is -0.109. The van der Waals surface area contributed by atoms with Gasteiger partial charge >= 0.3 is 0 Å². The van der Waals surface area contributed by atoms with E-state index in [1.54, 1.807) is 36.6 Å². The summed E-state index contributed by atoms with van der Waals surface area (Å²) in [5.74, 6) is 3.49. The fourth-order valence-corrected chi connectivity index (χ4v) is 2.10. The zero-order valence-electron chi connectivity index (χ0n) is 11.1. The average molecular weight is 298 g/mol. The van der Waals surface area contributed by atoms with Crippen molar-refractivity contribution in [2.24, 2.45) is 0 Å². The molecule has 0 aliphatic heterocycles. The predicted octanol–water partition coefficient (Wildman–Crippen LogP) is 2.56. The normalized spacial score (nSPS) is 11.2. The minimum Gasteiger partial charge on any atom is -0.510 e. The molecule has 0 atom stereocenters. The lowest BCUT2D eigenvalue weighted by atomic mass is 10.1. The van der Waals surface area contributed by atoms with Crippen LogP contribution in [0, 0.1) is 23.2 Å². The molecule has 0 saturated carbocycles. The number of aliphatic hydroxyl groups excluding tert-OH is 1. The number of thioether (sulfide) groups is 1. The SMILES string of the molecule is CSCC(O)=C(C(=O)C#CC#N)c1nc2ccccc2o1. The van der Waals surface area contributed by atoms with Crippen LogP contribution in [0.15, 0.2) is 34.4 Å². The molecule has 0 fully saturated rings. The Hall–Kier alpha value is -2.70. The molecule has 5 nitrogen and oxygen atoms in total. The number of carbonyl (C=O) groups is 1. The molecule has 1 aromatic carbocycles. The minimum absolute atomic E-state index is 0.00000945. The third-order valence-corrected chi connectivity index (χ3v) is 3.10. The van der Waals surface area contributed by atoms with Gasteiger partial charge in [-0.1, -0.05) is 12.1 Å². The number of aromatic nitrogens is 1. The summed E-state index contributed by atoms with van der Waals surface area (Å²) in [5.41, 5.74) is 0.967. The molecule has 2 aromatic rings.